The van der Waals surface area contributed by atoms with Crippen LogP contribution in [-0.4, -0.2) is 31.1 Å². The molecule has 2 heterocycles. The van der Waals surface area contributed by atoms with Crippen molar-refractivity contribution < 1.29 is 14.3 Å². The van der Waals surface area contributed by atoms with Gasteiger partial charge in [0.1, 0.15) is 5.25 Å². The number of carboxylic acids is 1. The minimum absolute atomic E-state index is 0.508. The predicted octanol–water partition coefficient (Wildman–Crippen LogP) is 3.54. The Kier molecular flexibility index (Phi) is 5.00. The van der Waals surface area contributed by atoms with Gasteiger partial charge in [-0.05, 0) is 24.1 Å². The number of rotatable bonds is 7. The molecule has 0 saturated heterocycles. The van der Waals surface area contributed by atoms with Gasteiger partial charge in [-0.3, -0.25) is 9.36 Å². The second-order valence-corrected chi connectivity index (χ2v) is 6.38. The number of aliphatic carboxylic acids is 1. The van der Waals surface area contributed by atoms with Crippen LogP contribution in [-0.2, 0) is 11.3 Å². The van der Waals surface area contributed by atoms with Crippen LogP contribution < -0.4 is 0 Å². The Bertz CT molecular complexity index is 800. The number of carbonyl (C=O) groups is 1. The molecule has 24 heavy (non-hydrogen) atoms. The lowest BCUT2D eigenvalue weighted by Gasteiger charge is -2.12. The molecule has 0 aliphatic heterocycles. The summed E-state index contributed by atoms with van der Waals surface area (Å²) in [5.74, 6) is 0.344. The molecule has 1 aromatic carbocycles. The Labute approximate surface area is 143 Å². The summed E-state index contributed by atoms with van der Waals surface area (Å²) in [4.78, 5) is 11.3. The van der Waals surface area contributed by atoms with Gasteiger partial charge in [0.15, 0.2) is 10.9 Å². The van der Waals surface area contributed by atoms with E-state index in [1.54, 1.807) is 12.3 Å². The number of hydrogen-bond acceptors (Lipinski definition) is 5. The third-order valence-electron chi connectivity index (χ3n) is 3.54. The van der Waals surface area contributed by atoms with E-state index in [0.717, 1.165) is 5.56 Å². The predicted molar refractivity (Wildman–Crippen MR) is 90.8 cm³/mol. The number of benzene rings is 1. The first-order valence-electron chi connectivity index (χ1n) is 7.59. The summed E-state index contributed by atoms with van der Waals surface area (Å²) >= 11 is 1.21. The van der Waals surface area contributed by atoms with E-state index in [1.165, 1.54) is 11.8 Å². The molecule has 0 aliphatic carbocycles. The average molecular weight is 343 g/mol. The minimum atomic E-state index is -0.851. The van der Waals surface area contributed by atoms with E-state index in [1.807, 2.05) is 47.9 Å². The summed E-state index contributed by atoms with van der Waals surface area (Å²) in [6, 6.07) is 13.5. The first kappa shape index (κ1) is 16.3. The number of aromatic nitrogens is 3. The molecule has 0 saturated carbocycles. The van der Waals surface area contributed by atoms with E-state index in [0.29, 0.717) is 29.7 Å². The lowest BCUT2D eigenvalue weighted by atomic mass is 10.2. The molecule has 124 valence electrons. The zero-order chi connectivity index (χ0) is 16.9. The third kappa shape index (κ3) is 3.51. The molecule has 7 heteroatoms. The molecular weight excluding hydrogens is 326 g/mol. The van der Waals surface area contributed by atoms with Gasteiger partial charge in [0.25, 0.3) is 0 Å². The van der Waals surface area contributed by atoms with Gasteiger partial charge in [-0.15, -0.1) is 10.2 Å². The molecule has 2 aromatic heterocycles. The molecule has 0 radical (unpaired) electrons. The highest BCUT2D eigenvalue weighted by Gasteiger charge is 2.23. The first-order chi connectivity index (χ1) is 11.7. The smallest absolute Gasteiger partial charge is 0.317 e. The molecule has 0 spiro atoms. The van der Waals surface area contributed by atoms with E-state index in [9.17, 15) is 9.90 Å². The number of thioether (sulfide) groups is 1. The van der Waals surface area contributed by atoms with Crippen molar-refractivity contribution in [1.82, 2.24) is 14.8 Å². The number of furan rings is 1. The van der Waals surface area contributed by atoms with Crippen molar-refractivity contribution in [3.63, 3.8) is 0 Å². The third-order valence-corrected chi connectivity index (χ3v) is 4.87. The van der Waals surface area contributed by atoms with Gasteiger partial charge in [0, 0.05) is 0 Å². The van der Waals surface area contributed by atoms with Crippen LogP contribution in [0.4, 0.5) is 0 Å². The Morgan fingerprint density at radius 2 is 2.04 bits per heavy atom. The fourth-order valence-corrected chi connectivity index (χ4v) is 3.20. The van der Waals surface area contributed by atoms with E-state index in [4.69, 9.17) is 4.42 Å². The highest BCUT2D eigenvalue weighted by molar-refractivity contribution is 8.00. The largest absolute Gasteiger partial charge is 0.480 e. The zero-order valence-electron chi connectivity index (χ0n) is 13.1. The molecule has 0 bridgehead atoms. The van der Waals surface area contributed by atoms with Crippen molar-refractivity contribution in [1.29, 1.82) is 0 Å². The van der Waals surface area contributed by atoms with Crippen molar-refractivity contribution in [3.8, 4) is 11.6 Å². The second-order valence-electron chi connectivity index (χ2n) is 5.21. The Morgan fingerprint density at radius 1 is 1.25 bits per heavy atom. The fraction of sp³-hybridized carbons (Fsp3) is 0.235. The molecule has 3 aromatic rings. The summed E-state index contributed by atoms with van der Waals surface area (Å²) in [6.45, 7) is 2.39. The molecule has 3 rings (SSSR count). The van der Waals surface area contributed by atoms with Crippen molar-refractivity contribution in [3.05, 3.63) is 54.3 Å². The molecule has 1 unspecified atom stereocenters. The normalized spacial score (nSPS) is 12.2. The van der Waals surface area contributed by atoms with E-state index in [-0.39, 0.29) is 0 Å². The highest BCUT2D eigenvalue weighted by atomic mass is 32.2. The molecule has 1 atom stereocenters. The Hall–Kier alpha value is -2.54. The molecule has 6 nitrogen and oxygen atoms in total. The first-order valence-corrected chi connectivity index (χ1v) is 8.47. The van der Waals surface area contributed by atoms with Gasteiger partial charge in [0.05, 0.1) is 12.8 Å². The lowest BCUT2D eigenvalue weighted by molar-refractivity contribution is -0.136. The zero-order valence-corrected chi connectivity index (χ0v) is 13.9. The van der Waals surface area contributed by atoms with Crippen molar-refractivity contribution in [2.24, 2.45) is 0 Å². The summed E-state index contributed by atoms with van der Waals surface area (Å²) < 4.78 is 7.33. The average Bonchev–Trinajstić information content (AvgIpc) is 3.23. The molecular formula is C17H17N3O3S. The summed E-state index contributed by atoms with van der Waals surface area (Å²) in [5, 5.41) is 17.7. The second kappa shape index (κ2) is 7.35. The van der Waals surface area contributed by atoms with Crippen LogP contribution in [0.25, 0.3) is 11.6 Å². The topological polar surface area (TPSA) is 81.2 Å². The maximum absolute atomic E-state index is 11.3. The van der Waals surface area contributed by atoms with Crippen LogP contribution in [0.2, 0.25) is 0 Å². The van der Waals surface area contributed by atoms with Crippen molar-refractivity contribution in [2.75, 3.05) is 0 Å². The van der Waals surface area contributed by atoms with E-state index >= 15 is 0 Å². The van der Waals surface area contributed by atoms with Crippen molar-refractivity contribution in [2.45, 2.75) is 30.3 Å². The highest BCUT2D eigenvalue weighted by Crippen LogP contribution is 2.29. The fourth-order valence-electron chi connectivity index (χ4n) is 2.31. The van der Waals surface area contributed by atoms with Gasteiger partial charge < -0.3 is 9.52 Å². The van der Waals surface area contributed by atoms with Gasteiger partial charge in [-0.2, -0.15) is 0 Å². The van der Waals surface area contributed by atoms with Crippen LogP contribution in [0.1, 0.15) is 18.9 Å². The molecule has 0 aliphatic rings. The van der Waals surface area contributed by atoms with Crippen LogP contribution in [0.5, 0.6) is 0 Å². The Morgan fingerprint density at radius 3 is 2.67 bits per heavy atom. The minimum Gasteiger partial charge on any atom is -0.480 e. The van der Waals surface area contributed by atoms with Crippen molar-refractivity contribution >= 4 is 17.7 Å². The van der Waals surface area contributed by atoms with Gasteiger partial charge in [-0.1, -0.05) is 49.0 Å². The lowest BCUT2D eigenvalue weighted by Crippen LogP contribution is -2.16. The van der Waals surface area contributed by atoms with Gasteiger partial charge in [-0.25, -0.2) is 0 Å². The van der Waals surface area contributed by atoms with E-state index < -0.39 is 11.2 Å². The number of hydrogen-bond donors (Lipinski definition) is 1. The van der Waals surface area contributed by atoms with E-state index in [2.05, 4.69) is 10.2 Å². The maximum Gasteiger partial charge on any atom is 0.317 e. The summed E-state index contributed by atoms with van der Waals surface area (Å²) in [5.41, 5.74) is 1.08. The standard InChI is InChI=1S/C17H17N3O3S/c1-2-14(16(21)22)24-17-19-18-15(13-9-6-10-23-13)20(17)11-12-7-4-3-5-8-12/h3-10,14H,2,11H2,1H3,(H,21,22). The number of carboxylic acid groups (broad SMARTS) is 1. The summed E-state index contributed by atoms with van der Waals surface area (Å²) in [7, 11) is 0. The van der Waals surface area contributed by atoms with Crippen LogP contribution in [0.15, 0.2) is 58.3 Å². The monoisotopic (exact) mass is 343 g/mol. The van der Waals surface area contributed by atoms with Gasteiger partial charge in [0.2, 0.25) is 5.82 Å². The quantitative estimate of drug-likeness (QED) is 0.661. The molecule has 1 N–H and O–H groups in total. The molecule has 0 amide bonds. The molecule has 0 fully saturated rings. The summed E-state index contributed by atoms with van der Waals surface area (Å²) in [6.07, 6.45) is 2.09. The van der Waals surface area contributed by atoms with Crippen LogP contribution in [0, 0.1) is 0 Å². The van der Waals surface area contributed by atoms with Crippen LogP contribution >= 0.6 is 11.8 Å². The maximum atomic E-state index is 11.3. The number of nitrogens with zero attached hydrogens (tertiary/aromatic N) is 3. The van der Waals surface area contributed by atoms with Crippen LogP contribution in [0.3, 0.4) is 0 Å². The SMILES string of the molecule is CCC(Sc1nnc(-c2ccco2)n1Cc1ccccc1)C(=O)O. The van der Waals surface area contributed by atoms with Gasteiger partial charge >= 0.3 is 5.97 Å². The Balaban J connectivity index is 1.98.